The molecule has 20 heavy (non-hydrogen) atoms. The van der Waals surface area contributed by atoms with E-state index in [1.165, 1.54) is 12.1 Å². The van der Waals surface area contributed by atoms with Crippen LogP contribution in [-0.2, 0) is 11.3 Å². The van der Waals surface area contributed by atoms with Gasteiger partial charge in [0.1, 0.15) is 6.54 Å². The van der Waals surface area contributed by atoms with E-state index in [4.69, 9.17) is 23.2 Å². The summed E-state index contributed by atoms with van der Waals surface area (Å²) in [5.41, 5.74) is 0.700. The largest absolute Gasteiger partial charge is 0.323 e. The molecule has 0 bridgehead atoms. The van der Waals surface area contributed by atoms with Crippen LogP contribution in [0.25, 0.3) is 0 Å². The smallest absolute Gasteiger partial charge is 0.267 e. The predicted octanol–water partition coefficient (Wildman–Crippen LogP) is 2.50. The van der Waals surface area contributed by atoms with Crippen LogP contribution in [0.5, 0.6) is 0 Å². The van der Waals surface area contributed by atoms with Gasteiger partial charge in [-0.2, -0.15) is 5.10 Å². The average Bonchev–Trinajstić information content (AvgIpc) is 2.38. The van der Waals surface area contributed by atoms with Crippen molar-refractivity contribution < 1.29 is 4.79 Å². The first kappa shape index (κ1) is 14.6. The van der Waals surface area contributed by atoms with Crippen LogP contribution in [0.3, 0.4) is 0 Å². The molecule has 1 aromatic heterocycles. The summed E-state index contributed by atoms with van der Waals surface area (Å²) in [5.74, 6) is -0.408. The minimum atomic E-state index is -0.408. The standard InChI is InChI=1S/C13H11Cl2N3O2/c1-8-2-5-13(20)18(17-8)7-12(19)16-11-6-9(14)3-4-10(11)15/h2-6H,7H2,1H3,(H,16,19). The molecule has 0 saturated heterocycles. The summed E-state index contributed by atoms with van der Waals surface area (Å²) in [4.78, 5) is 23.5. The molecular weight excluding hydrogens is 301 g/mol. The predicted molar refractivity (Wildman–Crippen MR) is 78.3 cm³/mol. The van der Waals surface area contributed by atoms with E-state index in [1.54, 1.807) is 25.1 Å². The van der Waals surface area contributed by atoms with E-state index in [9.17, 15) is 9.59 Å². The second-order valence-corrected chi connectivity index (χ2v) is 4.99. The van der Waals surface area contributed by atoms with Crippen molar-refractivity contribution in [3.8, 4) is 0 Å². The lowest BCUT2D eigenvalue weighted by atomic mass is 10.3. The van der Waals surface area contributed by atoms with Gasteiger partial charge >= 0.3 is 0 Å². The van der Waals surface area contributed by atoms with Crippen molar-refractivity contribution in [1.82, 2.24) is 9.78 Å². The highest BCUT2D eigenvalue weighted by molar-refractivity contribution is 6.35. The Morgan fingerprint density at radius 1 is 1.30 bits per heavy atom. The molecule has 0 radical (unpaired) electrons. The van der Waals surface area contributed by atoms with E-state index in [0.29, 0.717) is 21.4 Å². The molecule has 1 aromatic carbocycles. The molecule has 7 heteroatoms. The molecule has 1 heterocycles. The monoisotopic (exact) mass is 311 g/mol. The number of rotatable bonds is 3. The highest BCUT2D eigenvalue weighted by Crippen LogP contribution is 2.25. The molecule has 0 saturated carbocycles. The summed E-state index contributed by atoms with van der Waals surface area (Å²) >= 11 is 11.8. The molecular formula is C13H11Cl2N3O2. The maximum absolute atomic E-state index is 11.9. The zero-order valence-corrected chi connectivity index (χ0v) is 12.1. The van der Waals surface area contributed by atoms with Crippen molar-refractivity contribution in [2.45, 2.75) is 13.5 Å². The first-order valence-electron chi connectivity index (χ1n) is 5.75. The van der Waals surface area contributed by atoms with Gasteiger partial charge in [0.2, 0.25) is 5.91 Å². The van der Waals surface area contributed by atoms with Gasteiger partial charge in [0.05, 0.1) is 16.4 Å². The lowest BCUT2D eigenvalue weighted by molar-refractivity contribution is -0.117. The van der Waals surface area contributed by atoms with Crippen molar-refractivity contribution >= 4 is 34.8 Å². The van der Waals surface area contributed by atoms with Crippen LogP contribution in [0.2, 0.25) is 10.0 Å². The number of hydrogen-bond acceptors (Lipinski definition) is 3. The van der Waals surface area contributed by atoms with E-state index in [2.05, 4.69) is 10.4 Å². The number of carbonyl (C=O) groups is 1. The summed E-state index contributed by atoms with van der Waals surface area (Å²) in [6.07, 6.45) is 0. The number of nitrogens with one attached hydrogen (secondary N) is 1. The summed E-state index contributed by atoms with van der Waals surface area (Å²) in [7, 11) is 0. The molecule has 0 aliphatic rings. The molecule has 104 valence electrons. The Hall–Kier alpha value is -1.85. The molecule has 1 N–H and O–H groups in total. The number of hydrogen-bond donors (Lipinski definition) is 1. The number of benzene rings is 1. The lowest BCUT2D eigenvalue weighted by Crippen LogP contribution is -2.29. The summed E-state index contributed by atoms with van der Waals surface area (Å²) in [6, 6.07) is 7.68. The first-order valence-corrected chi connectivity index (χ1v) is 6.51. The fraction of sp³-hybridized carbons (Fsp3) is 0.154. The zero-order chi connectivity index (χ0) is 14.7. The highest BCUT2D eigenvalue weighted by Gasteiger charge is 2.09. The number of halogens is 2. The SMILES string of the molecule is Cc1ccc(=O)n(CC(=O)Nc2cc(Cl)ccc2Cl)n1. The van der Waals surface area contributed by atoms with Gasteiger partial charge in [-0.05, 0) is 31.2 Å². The van der Waals surface area contributed by atoms with Gasteiger partial charge in [-0.3, -0.25) is 9.59 Å². The van der Waals surface area contributed by atoms with E-state index in [0.717, 1.165) is 4.68 Å². The molecule has 0 spiro atoms. The fourth-order valence-electron chi connectivity index (χ4n) is 1.58. The Labute approximate surface area is 125 Å². The van der Waals surface area contributed by atoms with Crippen molar-refractivity contribution in [3.05, 3.63) is 56.4 Å². The summed E-state index contributed by atoms with van der Waals surface area (Å²) in [6.45, 7) is 1.55. The van der Waals surface area contributed by atoms with Crippen molar-refractivity contribution in [1.29, 1.82) is 0 Å². The van der Waals surface area contributed by atoms with E-state index >= 15 is 0 Å². The third-order valence-electron chi connectivity index (χ3n) is 2.50. The summed E-state index contributed by atoms with van der Waals surface area (Å²) < 4.78 is 1.09. The van der Waals surface area contributed by atoms with Crippen LogP contribution >= 0.6 is 23.2 Å². The highest BCUT2D eigenvalue weighted by atomic mass is 35.5. The van der Waals surface area contributed by atoms with Crippen molar-refractivity contribution in [2.75, 3.05) is 5.32 Å². The molecule has 0 aliphatic carbocycles. The normalized spacial score (nSPS) is 10.3. The number of aromatic nitrogens is 2. The van der Waals surface area contributed by atoms with Crippen molar-refractivity contribution in [3.63, 3.8) is 0 Å². The third kappa shape index (κ3) is 3.59. The van der Waals surface area contributed by atoms with Crippen LogP contribution in [0.1, 0.15) is 5.69 Å². The fourth-order valence-corrected chi connectivity index (χ4v) is 1.92. The number of amides is 1. The van der Waals surface area contributed by atoms with Crippen LogP contribution < -0.4 is 10.9 Å². The Balaban J connectivity index is 2.15. The quantitative estimate of drug-likeness (QED) is 0.947. The first-order chi connectivity index (χ1) is 9.45. The third-order valence-corrected chi connectivity index (χ3v) is 3.06. The zero-order valence-electron chi connectivity index (χ0n) is 10.6. The van der Waals surface area contributed by atoms with Crippen LogP contribution in [0, 0.1) is 6.92 Å². The molecule has 0 aliphatic heterocycles. The minimum absolute atomic E-state index is 0.191. The molecule has 1 amide bonds. The average molecular weight is 312 g/mol. The van der Waals surface area contributed by atoms with Crippen LogP contribution in [-0.4, -0.2) is 15.7 Å². The number of aryl methyl sites for hydroxylation is 1. The minimum Gasteiger partial charge on any atom is -0.323 e. The van der Waals surface area contributed by atoms with Gasteiger partial charge in [-0.1, -0.05) is 23.2 Å². The topological polar surface area (TPSA) is 64.0 Å². The molecule has 2 rings (SSSR count). The molecule has 5 nitrogen and oxygen atoms in total. The molecule has 0 unspecified atom stereocenters. The number of anilines is 1. The van der Waals surface area contributed by atoms with E-state index in [-0.39, 0.29) is 12.1 Å². The van der Waals surface area contributed by atoms with Gasteiger partial charge in [-0.25, -0.2) is 4.68 Å². The van der Waals surface area contributed by atoms with Gasteiger partial charge in [0.25, 0.3) is 5.56 Å². The van der Waals surface area contributed by atoms with Gasteiger partial charge in [-0.15, -0.1) is 0 Å². The Morgan fingerprint density at radius 2 is 2.05 bits per heavy atom. The summed E-state index contributed by atoms with van der Waals surface area (Å²) in [5, 5.41) is 7.39. The molecule has 0 atom stereocenters. The Bertz CT molecular complexity index is 713. The molecule has 0 fully saturated rings. The maximum atomic E-state index is 11.9. The Kier molecular flexibility index (Phi) is 4.42. The lowest BCUT2D eigenvalue weighted by Gasteiger charge is -2.08. The Morgan fingerprint density at radius 3 is 2.80 bits per heavy atom. The van der Waals surface area contributed by atoms with Gasteiger partial charge in [0.15, 0.2) is 0 Å². The second-order valence-electron chi connectivity index (χ2n) is 4.14. The van der Waals surface area contributed by atoms with E-state index in [1.807, 2.05) is 0 Å². The van der Waals surface area contributed by atoms with E-state index < -0.39 is 5.91 Å². The second kappa shape index (κ2) is 6.07. The maximum Gasteiger partial charge on any atom is 0.267 e. The van der Waals surface area contributed by atoms with Crippen LogP contribution in [0.4, 0.5) is 5.69 Å². The number of carbonyl (C=O) groups excluding carboxylic acids is 1. The van der Waals surface area contributed by atoms with Gasteiger partial charge in [0, 0.05) is 11.1 Å². The van der Waals surface area contributed by atoms with Crippen molar-refractivity contribution in [2.24, 2.45) is 0 Å². The van der Waals surface area contributed by atoms with Gasteiger partial charge < -0.3 is 5.32 Å². The molecule has 2 aromatic rings. The van der Waals surface area contributed by atoms with Crippen LogP contribution in [0.15, 0.2) is 35.1 Å². The number of nitrogens with zero attached hydrogens (tertiary/aromatic N) is 2.